The van der Waals surface area contributed by atoms with Gasteiger partial charge in [0.2, 0.25) is 0 Å². The van der Waals surface area contributed by atoms with Gasteiger partial charge >= 0.3 is 0 Å². The van der Waals surface area contributed by atoms with Gasteiger partial charge in [-0.05, 0) is 12.8 Å². The zero-order chi connectivity index (χ0) is 8.49. The van der Waals surface area contributed by atoms with E-state index in [1.165, 1.54) is 44.9 Å². The molecule has 1 fully saturated rings. The second kappa shape index (κ2) is 10.6. The van der Waals surface area contributed by atoms with Crippen LogP contribution >= 0.6 is 0 Å². The summed E-state index contributed by atoms with van der Waals surface area (Å²) in [4.78, 5) is 0. The Hall–Kier alpha value is 0.503. The van der Waals surface area contributed by atoms with Gasteiger partial charge in [0.15, 0.2) is 0 Å². The molecule has 4 heteroatoms. The summed E-state index contributed by atoms with van der Waals surface area (Å²) in [5.41, 5.74) is 9.29. The molecule has 3 N–H and O–H groups in total. The minimum atomic E-state index is 0. The predicted molar refractivity (Wildman–Crippen MR) is 51.5 cm³/mol. The molecule has 0 aromatic carbocycles. The standard InChI is InChI=1S/C9H21N3.Zn/c1-2-4-6-8-10-12-11-9-7-5-3-1;/h10-12H,1-9H2;. The summed E-state index contributed by atoms with van der Waals surface area (Å²) < 4.78 is 0. The summed E-state index contributed by atoms with van der Waals surface area (Å²) in [5, 5.41) is 0. The average Bonchev–Trinajstić information content (AvgIpc) is 2.05. The molecule has 0 saturated carbocycles. The zero-order valence-corrected chi connectivity index (χ0v) is 11.5. The number of hydrazine groups is 2. The minimum absolute atomic E-state index is 0. The van der Waals surface area contributed by atoms with Crippen LogP contribution in [0.1, 0.15) is 44.9 Å². The molecule has 0 radical (unpaired) electrons. The van der Waals surface area contributed by atoms with E-state index in [1.54, 1.807) is 0 Å². The van der Waals surface area contributed by atoms with Crippen LogP contribution in [0.3, 0.4) is 0 Å². The molecule has 0 atom stereocenters. The largest absolute Gasteiger partial charge is 0.244 e. The van der Waals surface area contributed by atoms with E-state index in [0.29, 0.717) is 0 Å². The Morgan fingerprint density at radius 2 is 0.923 bits per heavy atom. The third kappa shape index (κ3) is 8.82. The van der Waals surface area contributed by atoms with Crippen molar-refractivity contribution in [2.75, 3.05) is 13.1 Å². The fourth-order valence-electron chi connectivity index (χ4n) is 1.50. The van der Waals surface area contributed by atoms with Gasteiger partial charge < -0.3 is 0 Å². The fraction of sp³-hybridized carbons (Fsp3) is 1.00. The van der Waals surface area contributed by atoms with Gasteiger partial charge in [0.05, 0.1) is 0 Å². The number of hydrogen-bond donors (Lipinski definition) is 3. The molecular weight excluding hydrogens is 216 g/mol. The van der Waals surface area contributed by atoms with E-state index < -0.39 is 0 Å². The molecule has 0 aromatic heterocycles. The van der Waals surface area contributed by atoms with Crippen LogP contribution in [0.4, 0.5) is 0 Å². The van der Waals surface area contributed by atoms with Crippen molar-refractivity contribution in [3.8, 4) is 0 Å². The van der Waals surface area contributed by atoms with Gasteiger partial charge in [-0.15, -0.1) is 0 Å². The third-order valence-electron chi connectivity index (χ3n) is 2.28. The first-order chi connectivity index (χ1) is 6.00. The van der Waals surface area contributed by atoms with Crippen LogP contribution in [0.25, 0.3) is 0 Å². The molecule has 0 aromatic rings. The van der Waals surface area contributed by atoms with Crippen LogP contribution in [0.2, 0.25) is 0 Å². The van der Waals surface area contributed by atoms with E-state index in [2.05, 4.69) is 16.4 Å². The predicted octanol–water partition coefficient (Wildman–Crippen LogP) is 1.33. The first-order valence-corrected chi connectivity index (χ1v) is 5.21. The maximum Gasteiger partial charge on any atom is 0.0113 e. The van der Waals surface area contributed by atoms with E-state index >= 15 is 0 Å². The molecule has 1 saturated heterocycles. The molecule has 0 amide bonds. The Bertz CT molecular complexity index is 57.8. The first kappa shape index (κ1) is 13.5. The van der Waals surface area contributed by atoms with E-state index in [1.807, 2.05) is 0 Å². The van der Waals surface area contributed by atoms with Crippen LogP contribution in [-0.4, -0.2) is 13.1 Å². The van der Waals surface area contributed by atoms with Gasteiger partial charge in [0.25, 0.3) is 0 Å². The van der Waals surface area contributed by atoms with Crippen LogP contribution in [0, 0.1) is 0 Å². The Balaban J connectivity index is 0.00000144. The van der Waals surface area contributed by atoms with E-state index in [0.717, 1.165) is 13.1 Å². The topological polar surface area (TPSA) is 36.1 Å². The number of nitrogens with one attached hydrogen (secondary N) is 3. The Labute approximate surface area is 94.1 Å². The Morgan fingerprint density at radius 3 is 1.38 bits per heavy atom. The Kier molecular flexibility index (Phi) is 11.0. The summed E-state index contributed by atoms with van der Waals surface area (Å²) in [6.45, 7) is 2.15. The second-order valence-corrected chi connectivity index (χ2v) is 3.45. The molecular formula is C9H21N3Zn. The van der Waals surface area contributed by atoms with Crippen LogP contribution < -0.4 is 16.4 Å². The van der Waals surface area contributed by atoms with E-state index in [-0.39, 0.29) is 19.5 Å². The fourth-order valence-corrected chi connectivity index (χ4v) is 1.50. The van der Waals surface area contributed by atoms with Crippen molar-refractivity contribution in [2.45, 2.75) is 44.9 Å². The zero-order valence-electron chi connectivity index (χ0n) is 8.57. The normalized spacial score (nSPS) is 22.2. The molecule has 1 aliphatic rings. The van der Waals surface area contributed by atoms with Gasteiger partial charge in [0.1, 0.15) is 0 Å². The van der Waals surface area contributed by atoms with Gasteiger partial charge in [-0.3, -0.25) is 0 Å². The molecule has 1 heterocycles. The SMILES string of the molecule is C1CCCCNNNCCCC1.[Zn]. The van der Waals surface area contributed by atoms with Crippen molar-refractivity contribution in [3.05, 3.63) is 0 Å². The molecule has 0 spiro atoms. The minimum Gasteiger partial charge on any atom is -0.244 e. The molecule has 1 rings (SSSR count). The molecule has 13 heavy (non-hydrogen) atoms. The van der Waals surface area contributed by atoms with Crippen LogP contribution in [0.5, 0.6) is 0 Å². The third-order valence-corrected chi connectivity index (χ3v) is 2.28. The molecule has 1 aliphatic heterocycles. The summed E-state index contributed by atoms with van der Waals surface area (Å²) in [6, 6.07) is 0. The molecule has 74 valence electrons. The summed E-state index contributed by atoms with van der Waals surface area (Å²) in [6.07, 6.45) is 9.56. The maximum absolute atomic E-state index is 3.14. The van der Waals surface area contributed by atoms with Crippen molar-refractivity contribution in [1.82, 2.24) is 16.4 Å². The summed E-state index contributed by atoms with van der Waals surface area (Å²) in [7, 11) is 0. The smallest absolute Gasteiger partial charge is 0.0113 e. The van der Waals surface area contributed by atoms with Crippen molar-refractivity contribution >= 4 is 0 Å². The maximum atomic E-state index is 3.14. The Morgan fingerprint density at radius 1 is 0.538 bits per heavy atom. The van der Waals surface area contributed by atoms with Gasteiger partial charge in [-0.1, -0.05) is 32.1 Å². The van der Waals surface area contributed by atoms with Crippen LogP contribution in [0.15, 0.2) is 0 Å². The first-order valence-electron chi connectivity index (χ1n) is 5.21. The van der Waals surface area contributed by atoms with Crippen molar-refractivity contribution in [2.24, 2.45) is 0 Å². The summed E-state index contributed by atoms with van der Waals surface area (Å²) >= 11 is 0. The monoisotopic (exact) mass is 235 g/mol. The van der Waals surface area contributed by atoms with Crippen molar-refractivity contribution in [1.29, 1.82) is 0 Å². The van der Waals surface area contributed by atoms with E-state index in [9.17, 15) is 0 Å². The van der Waals surface area contributed by atoms with Crippen molar-refractivity contribution < 1.29 is 19.5 Å². The van der Waals surface area contributed by atoms with Crippen LogP contribution in [-0.2, 0) is 19.5 Å². The molecule has 0 aliphatic carbocycles. The van der Waals surface area contributed by atoms with Gasteiger partial charge in [-0.2, -0.15) is 5.53 Å². The quantitative estimate of drug-likeness (QED) is 0.556. The van der Waals surface area contributed by atoms with Crippen molar-refractivity contribution in [3.63, 3.8) is 0 Å². The molecule has 0 unspecified atom stereocenters. The van der Waals surface area contributed by atoms with Gasteiger partial charge in [0, 0.05) is 32.6 Å². The average molecular weight is 237 g/mol. The van der Waals surface area contributed by atoms with Gasteiger partial charge in [-0.25, -0.2) is 10.9 Å². The molecule has 0 bridgehead atoms. The number of hydrogen-bond acceptors (Lipinski definition) is 3. The van der Waals surface area contributed by atoms with E-state index in [4.69, 9.17) is 0 Å². The summed E-state index contributed by atoms with van der Waals surface area (Å²) in [5.74, 6) is 0. The molecule has 3 nitrogen and oxygen atoms in total. The number of rotatable bonds is 0. The second-order valence-electron chi connectivity index (χ2n) is 3.45.